The molecular formula is C16H23N3O. The van der Waals surface area contributed by atoms with Crippen LogP contribution in [0.15, 0.2) is 30.6 Å². The molecule has 0 aliphatic rings. The van der Waals surface area contributed by atoms with Gasteiger partial charge < -0.3 is 10.1 Å². The summed E-state index contributed by atoms with van der Waals surface area (Å²) >= 11 is 0. The number of ether oxygens (including phenoxy) is 1. The van der Waals surface area contributed by atoms with Crippen molar-refractivity contribution < 1.29 is 4.74 Å². The fourth-order valence-corrected chi connectivity index (χ4v) is 1.98. The normalized spacial score (nSPS) is 11.4. The number of rotatable bonds is 4. The van der Waals surface area contributed by atoms with Crippen molar-refractivity contribution in [2.24, 2.45) is 0 Å². The molecule has 1 N–H and O–H groups in total. The third-order valence-corrected chi connectivity index (χ3v) is 3.16. The Kier molecular flexibility index (Phi) is 4.02. The zero-order valence-corrected chi connectivity index (χ0v) is 12.9. The standard InChI is InChI=1S/C16H23N3O/c1-12-6-7-15(20-5)14(8-12)17-9-13-10-18-19(11-13)16(2,3)4/h6-8,10-11,17H,9H2,1-5H3. The third-order valence-electron chi connectivity index (χ3n) is 3.16. The highest BCUT2D eigenvalue weighted by molar-refractivity contribution is 5.58. The van der Waals surface area contributed by atoms with Crippen LogP contribution in [0.1, 0.15) is 31.9 Å². The van der Waals surface area contributed by atoms with Crippen LogP contribution in [0.25, 0.3) is 0 Å². The van der Waals surface area contributed by atoms with E-state index in [1.807, 2.05) is 23.0 Å². The van der Waals surface area contributed by atoms with E-state index in [9.17, 15) is 0 Å². The Hall–Kier alpha value is -1.97. The highest BCUT2D eigenvalue weighted by Gasteiger charge is 2.13. The lowest BCUT2D eigenvalue weighted by Gasteiger charge is -2.18. The molecule has 4 heteroatoms. The molecule has 2 rings (SSSR count). The van der Waals surface area contributed by atoms with Crippen molar-refractivity contribution in [1.82, 2.24) is 9.78 Å². The lowest BCUT2D eigenvalue weighted by molar-refractivity contribution is 0.355. The minimum absolute atomic E-state index is 0.0132. The van der Waals surface area contributed by atoms with Crippen molar-refractivity contribution in [3.8, 4) is 5.75 Å². The summed E-state index contributed by atoms with van der Waals surface area (Å²) in [4.78, 5) is 0. The van der Waals surface area contributed by atoms with E-state index < -0.39 is 0 Å². The first-order valence-corrected chi connectivity index (χ1v) is 6.82. The van der Waals surface area contributed by atoms with Crippen molar-refractivity contribution in [2.45, 2.75) is 39.8 Å². The molecule has 0 radical (unpaired) electrons. The Morgan fingerprint density at radius 2 is 2.05 bits per heavy atom. The Morgan fingerprint density at radius 1 is 1.30 bits per heavy atom. The summed E-state index contributed by atoms with van der Waals surface area (Å²) in [6.07, 6.45) is 3.98. The average Bonchev–Trinajstić information content (AvgIpc) is 2.85. The van der Waals surface area contributed by atoms with Gasteiger partial charge in [0, 0.05) is 18.3 Å². The van der Waals surface area contributed by atoms with Crippen LogP contribution in [0.5, 0.6) is 5.75 Å². The number of nitrogens with zero attached hydrogens (tertiary/aromatic N) is 2. The van der Waals surface area contributed by atoms with E-state index in [1.165, 1.54) is 5.56 Å². The fraction of sp³-hybridized carbons (Fsp3) is 0.438. The predicted molar refractivity (Wildman–Crippen MR) is 82.3 cm³/mol. The quantitative estimate of drug-likeness (QED) is 0.925. The zero-order chi connectivity index (χ0) is 14.8. The fourth-order valence-electron chi connectivity index (χ4n) is 1.98. The summed E-state index contributed by atoms with van der Waals surface area (Å²) in [5.74, 6) is 0.860. The van der Waals surface area contributed by atoms with E-state index in [0.717, 1.165) is 23.5 Å². The molecule has 0 unspecified atom stereocenters. The summed E-state index contributed by atoms with van der Waals surface area (Å²) < 4.78 is 7.35. The molecule has 1 heterocycles. The number of hydrogen-bond acceptors (Lipinski definition) is 3. The SMILES string of the molecule is COc1ccc(C)cc1NCc1cnn(C(C)(C)C)c1. The molecule has 0 aliphatic carbocycles. The second-order valence-corrected chi connectivity index (χ2v) is 6.02. The molecule has 0 amide bonds. The third kappa shape index (κ3) is 3.32. The predicted octanol–water partition coefficient (Wildman–Crippen LogP) is 3.57. The molecule has 0 bridgehead atoms. The summed E-state index contributed by atoms with van der Waals surface area (Å²) in [6, 6.07) is 6.12. The van der Waals surface area contributed by atoms with Gasteiger partial charge in [0.2, 0.25) is 0 Å². The Morgan fingerprint density at radius 3 is 2.65 bits per heavy atom. The number of nitrogens with one attached hydrogen (secondary N) is 1. The number of anilines is 1. The highest BCUT2D eigenvalue weighted by atomic mass is 16.5. The molecule has 108 valence electrons. The summed E-state index contributed by atoms with van der Waals surface area (Å²) in [6.45, 7) is 9.22. The van der Waals surface area contributed by atoms with Gasteiger partial charge in [-0.15, -0.1) is 0 Å². The van der Waals surface area contributed by atoms with Gasteiger partial charge in [-0.3, -0.25) is 4.68 Å². The molecule has 1 aromatic heterocycles. The lowest BCUT2D eigenvalue weighted by atomic mass is 10.1. The van der Waals surface area contributed by atoms with Crippen LogP contribution in [-0.2, 0) is 12.1 Å². The van der Waals surface area contributed by atoms with E-state index in [1.54, 1.807) is 7.11 Å². The summed E-state index contributed by atoms with van der Waals surface area (Å²) in [7, 11) is 1.69. The number of benzene rings is 1. The van der Waals surface area contributed by atoms with Gasteiger partial charge in [0.25, 0.3) is 0 Å². The zero-order valence-electron chi connectivity index (χ0n) is 12.9. The molecule has 0 fully saturated rings. The summed E-state index contributed by atoms with van der Waals surface area (Å²) in [5, 5.41) is 7.81. The minimum Gasteiger partial charge on any atom is -0.495 e. The van der Waals surface area contributed by atoms with E-state index in [2.05, 4.69) is 50.4 Å². The van der Waals surface area contributed by atoms with Crippen molar-refractivity contribution in [2.75, 3.05) is 12.4 Å². The van der Waals surface area contributed by atoms with Gasteiger partial charge in [0.05, 0.1) is 24.5 Å². The number of hydrogen-bond donors (Lipinski definition) is 1. The van der Waals surface area contributed by atoms with Crippen LogP contribution in [0, 0.1) is 6.92 Å². The van der Waals surface area contributed by atoms with Crippen LogP contribution in [0.4, 0.5) is 5.69 Å². The maximum Gasteiger partial charge on any atom is 0.141 e. The van der Waals surface area contributed by atoms with Crippen LogP contribution < -0.4 is 10.1 Å². The van der Waals surface area contributed by atoms with Crippen molar-refractivity contribution in [3.05, 3.63) is 41.7 Å². The van der Waals surface area contributed by atoms with E-state index in [4.69, 9.17) is 4.74 Å². The molecule has 0 atom stereocenters. The Labute approximate surface area is 120 Å². The van der Waals surface area contributed by atoms with Gasteiger partial charge in [0.1, 0.15) is 5.75 Å². The summed E-state index contributed by atoms with van der Waals surface area (Å²) in [5.41, 5.74) is 3.39. The molecule has 1 aromatic carbocycles. The van der Waals surface area contributed by atoms with Crippen LogP contribution in [-0.4, -0.2) is 16.9 Å². The van der Waals surface area contributed by atoms with E-state index >= 15 is 0 Å². The molecule has 0 spiro atoms. The Balaban J connectivity index is 2.09. The first-order valence-electron chi connectivity index (χ1n) is 6.82. The average molecular weight is 273 g/mol. The van der Waals surface area contributed by atoms with Gasteiger partial charge in [-0.2, -0.15) is 5.10 Å². The second kappa shape index (κ2) is 5.57. The maximum absolute atomic E-state index is 5.36. The topological polar surface area (TPSA) is 39.1 Å². The van der Waals surface area contributed by atoms with Gasteiger partial charge in [-0.05, 0) is 45.4 Å². The first-order chi connectivity index (χ1) is 9.40. The molecule has 4 nitrogen and oxygen atoms in total. The molecule has 0 saturated heterocycles. The molecular weight excluding hydrogens is 250 g/mol. The van der Waals surface area contributed by atoms with E-state index in [0.29, 0.717) is 0 Å². The van der Waals surface area contributed by atoms with E-state index in [-0.39, 0.29) is 5.54 Å². The number of methoxy groups -OCH3 is 1. The molecule has 0 aliphatic heterocycles. The van der Waals surface area contributed by atoms with Crippen molar-refractivity contribution in [1.29, 1.82) is 0 Å². The highest BCUT2D eigenvalue weighted by Crippen LogP contribution is 2.25. The van der Waals surface area contributed by atoms with Crippen LogP contribution in [0.3, 0.4) is 0 Å². The monoisotopic (exact) mass is 273 g/mol. The molecule has 2 aromatic rings. The largest absolute Gasteiger partial charge is 0.495 e. The van der Waals surface area contributed by atoms with Crippen molar-refractivity contribution >= 4 is 5.69 Å². The van der Waals surface area contributed by atoms with Crippen LogP contribution >= 0.6 is 0 Å². The first kappa shape index (κ1) is 14.4. The Bertz CT molecular complexity index is 582. The number of aryl methyl sites for hydroxylation is 1. The maximum atomic E-state index is 5.36. The van der Waals surface area contributed by atoms with Gasteiger partial charge >= 0.3 is 0 Å². The van der Waals surface area contributed by atoms with Gasteiger partial charge in [-0.25, -0.2) is 0 Å². The van der Waals surface area contributed by atoms with Gasteiger partial charge in [-0.1, -0.05) is 6.07 Å². The second-order valence-electron chi connectivity index (χ2n) is 6.02. The smallest absolute Gasteiger partial charge is 0.141 e. The van der Waals surface area contributed by atoms with Gasteiger partial charge in [0.15, 0.2) is 0 Å². The lowest BCUT2D eigenvalue weighted by Crippen LogP contribution is -2.21. The molecule has 20 heavy (non-hydrogen) atoms. The van der Waals surface area contributed by atoms with Crippen LogP contribution in [0.2, 0.25) is 0 Å². The van der Waals surface area contributed by atoms with Crippen molar-refractivity contribution in [3.63, 3.8) is 0 Å². The molecule has 0 saturated carbocycles. The number of aromatic nitrogens is 2. The minimum atomic E-state index is 0.0132.